The van der Waals surface area contributed by atoms with E-state index in [1.165, 1.54) is 69.0 Å². The first-order valence-corrected chi connectivity index (χ1v) is 38.6. The van der Waals surface area contributed by atoms with Gasteiger partial charge in [-0.25, -0.2) is 37.9 Å². The van der Waals surface area contributed by atoms with Gasteiger partial charge in [-0.15, -0.1) is 13.2 Å². The number of aryl methyl sites for hydroxylation is 4. The van der Waals surface area contributed by atoms with Crippen LogP contribution >= 0.6 is 23.2 Å². The maximum absolute atomic E-state index is 12.3. The molecule has 8 amide bonds. The summed E-state index contributed by atoms with van der Waals surface area (Å²) in [5, 5.41) is 23.5. The summed E-state index contributed by atoms with van der Waals surface area (Å²) in [4.78, 5) is 114. The molecule has 5 fully saturated rings. The van der Waals surface area contributed by atoms with Crippen LogP contribution in [0.2, 0.25) is 0 Å². The van der Waals surface area contributed by atoms with E-state index in [-0.39, 0.29) is 77.1 Å². The highest BCUT2D eigenvalue weighted by atomic mass is 79.9. The molecule has 4 unspecified atom stereocenters. The number of nitrogens with zero attached hydrogens (tertiary/aromatic N) is 16. The molecule has 5 saturated heterocycles. The fraction of sp³-hybridized carbons (Fsp3) is 0.342. The lowest BCUT2D eigenvalue weighted by molar-refractivity contribution is -0.109. The van der Waals surface area contributed by atoms with Crippen molar-refractivity contribution in [2.24, 2.45) is 28.2 Å². The summed E-state index contributed by atoms with van der Waals surface area (Å²) in [5.74, 6) is 2.41. The van der Waals surface area contributed by atoms with Gasteiger partial charge >= 0.3 is 31.2 Å². The smallest absolute Gasteiger partial charge is 0.400 e. The van der Waals surface area contributed by atoms with Gasteiger partial charge in [-0.2, -0.15) is 30.5 Å². The van der Waals surface area contributed by atoms with Gasteiger partial charge in [-0.3, -0.25) is 28.9 Å². The number of amides is 8. The third kappa shape index (κ3) is 17.0. The summed E-state index contributed by atoms with van der Waals surface area (Å²) in [5.41, 5.74) is 4.80. The number of benzene rings is 3. The Morgan fingerprint density at radius 3 is 1.14 bits per heavy atom. The Labute approximate surface area is 647 Å². The second-order valence-corrected chi connectivity index (χ2v) is 32.1. The standard InChI is InChI=1S/C21H20P.C15H23BN2O4.C14H16N4O3.2C12H14N4O2.C5H5BrN2O/c1-2-18-22(19-12-6-3-7-13-19,20-14-8-4-9-15-20)21-16-10-5-11-17-21;1-6-9-20-18-12-10-17(13(18)19)8-7-11(12)16-21-14(2,3)15(4,5)22-16;1-3-8-21-18-12-9-17(14(18)20)7-6-10(12)11-4-5-13(19)16(2)15-11;2*1-14-10-7-16(12(14)18)6-5-8(10)9-3-4-11(17)15(2)13-9;1-8-5(9)3-2-4(6)7-8/h2-18H,1H3;6-7,12H,1,8-10H2,2-5H3;3-6,12H,1,7-9H2,2H3;2*3-5,10H,6-7H2,1-2H3;2-3H,1H3/q+1;;;;;/b18-2+;;;;;. The number of hydrogen-bond donors (Lipinski definition) is 0. The summed E-state index contributed by atoms with van der Waals surface area (Å²) in [7, 11) is 7.89. The number of hydroxylamine groups is 4. The molecule has 31 heteroatoms. The predicted octanol–water partition coefficient (Wildman–Crippen LogP) is 7.07. The molecule has 28 nitrogen and oxygen atoms in total. The Hall–Kier alpha value is -10.7. The second kappa shape index (κ2) is 34.4. The Kier molecular flexibility index (Phi) is 25.1. The van der Waals surface area contributed by atoms with Crippen molar-refractivity contribution in [2.45, 2.75) is 70.0 Å². The van der Waals surface area contributed by atoms with Gasteiger partial charge in [0, 0.05) is 129 Å². The first-order valence-electron chi connectivity index (χ1n) is 36.0. The van der Waals surface area contributed by atoms with Crippen LogP contribution in [0.25, 0.3) is 16.7 Å². The maximum Gasteiger partial charge on any atom is 0.492 e. The summed E-state index contributed by atoms with van der Waals surface area (Å²) >= 11 is 3.13. The van der Waals surface area contributed by atoms with Crippen molar-refractivity contribution in [3.05, 3.63) is 270 Å². The van der Waals surface area contributed by atoms with Gasteiger partial charge in [0.1, 0.15) is 33.8 Å². The van der Waals surface area contributed by atoms with Crippen molar-refractivity contribution in [3.63, 3.8) is 0 Å². The van der Waals surface area contributed by atoms with E-state index in [1.807, 2.05) is 52.0 Å². The van der Waals surface area contributed by atoms with Crippen molar-refractivity contribution in [3.8, 4) is 0 Å². The molecule has 9 aliphatic heterocycles. The lowest BCUT2D eigenvalue weighted by Gasteiger charge is -2.32. The predicted molar refractivity (Wildman–Crippen MR) is 428 cm³/mol. The topological polar surface area (TPSA) is 271 Å². The number of aromatic nitrogens is 8. The average molecular weight is 1580 g/mol. The van der Waals surface area contributed by atoms with Gasteiger partial charge in [-0.1, -0.05) is 97.1 Å². The number of rotatable bonds is 14. The molecule has 4 aromatic heterocycles. The third-order valence-corrected chi connectivity index (χ3v) is 25.0. The highest BCUT2D eigenvalue weighted by molar-refractivity contribution is 9.10. The summed E-state index contributed by atoms with van der Waals surface area (Å²) in [6.07, 6.45) is 13.4. The fourth-order valence-corrected chi connectivity index (χ4v) is 18.0. The van der Waals surface area contributed by atoms with Crippen LogP contribution in [0, 0.1) is 0 Å². The molecular formula is C79H92BBrN16O12P+. The minimum atomic E-state index is -1.73. The first-order chi connectivity index (χ1) is 52.6. The molecule has 13 heterocycles. The molecule has 0 spiro atoms. The number of carbonyl (C=O) groups is 4. The molecule has 574 valence electrons. The molecule has 4 atom stereocenters. The van der Waals surface area contributed by atoms with E-state index >= 15 is 0 Å². The minimum absolute atomic E-state index is 0.0382. The van der Waals surface area contributed by atoms with E-state index < -0.39 is 25.6 Å². The summed E-state index contributed by atoms with van der Waals surface area (Å²) in [6, 6.07) is 44.8. The lowest BCUT2D eigenvalue weighted by Crippen LogP contribution is -2.41. The van der Waals surface area contributed by atoms with Crippen LogP contribution in [0.15, 0.2) is 230 Å². The number of carbonyl (C=O) groups excluding carboxylic acids is 4. The summed E-state index contributed by atoms with van der Waals surface area (Å²) < 4.78 is 18.1. The number of allylic oxidation sites excluding steroid dienone is 1. The largest absolute Gasteiger partial charge is 0.492 e. The lowest BCUT2D eigenvalue weighted by atomic mass is 9.72. The number of halogens is 1. The van der Waals surface area contributed by atoms with Gasteiger partial charge in [0.05, 0.1) is 72.0 Å². The Balaban J connectivity index is 0.000000133. The first kappa shape index (κ1) is 80.3. The van der Waals surface area contributed by atoms with E-state index in [9.17, 15) is 38.4 Å². The van der Waals surface area contributed by atoms with E-state index in [0.29, 0.717) is 69.3 Å². The highest BCUT2D eigenvalue weighted by Gasteiger charge is 2.57. The number of fused-ring (bicyclic) bond motifs is 8. The monoisotopic (exact) mass is 1580 g/mol. The molecule has 16 rings (SSSR count). The van der Waals surface area contributed by atoms with Crippen molar-refractivity contribution in [2.75, 3.05) is 79.7 Å². The zero-order valence-electron chi connectivity index (χ0n) is 63.6. The molecule has 7 aromatic rings. The molecular weight excluding hydrogens is 1490 g/mol. The third-order valence-electron chi connectivity index (χ3n) is 20.5. The van der Waals surface area contributed by atoms with Crippen LogP contribution < -0.4 is 38.2 Å². The normalized spacial score (nSPS) is 20.2. The molecule has 0 saturated carbocycles. The van der Waals surface area contributed by atoms with Gasteiger partial charge in [0.2, 0.25) is 0 Å². The SMILES string of the molecule is C/C=C/[P+](c1ccccc1)(c1ccccc1)c1ccccc1.C=CCON1C(=O)N2CC=C(B3OC(C)(C)C(C)(C)O3)C1C2.C=CCON1C(=O)N2CC=C(c3ccc(=O)n(C)n3)C1C2.CN1C(=O)N2CC=C(c3ccc(=O)n(C)n3)C1C2.CN1C(=O)N2CC=C(c3ccc(=O)n(C)n3)C1C2.Cn1nc(Br)ccc1=O. The quantitative estimate of drug-likeness (QED) is 0.0598. The van der Waals surface area contributed by atoms with Crippen LogP contribution in [0.4, 0.5) is 19.2 Å². The van der Waals surface area contributed by atoms with Crippen LogP contribution in [0.5, 0.6) is 0 Å². The van der Waals surface area contributed by atoms with Crippen LogP contribution in [-0.4, -0.2) is 225 Å². The second-order valence-electron chi connectivity index (χ2n) is 28.0. The maximum atomic E-state index is 12.3. The molecule has 0 aliphatic carbocycles. The zero-order chi connectivity index (χ0) is 78.9. The summed E-state index contributed by atoms with van der Waals surface area (Å²) in [6.45, 7) is 22.8. The molecule has 8 bridgehead atoms. The van der Waals surface area contributed by atoms with E-state index in [4.69, 9.17) is 19.0 Å². The highest BCUT2D eigenvalue weighted by Crippen LogP contribution is 2.57. The van der Waals surface area contributed by atoms with Gasteiger partial charge < -0.3 is 38.7 Å². The van der Waals surface area contributed by atoms with Crippen molar-refractivity contribution >= 4 is 87.1 Å². The van der Waals surface area contributed by atoms with Gasteiger partial charge in [-0.05, 0) is 117 Å². The Morgan fingerprint density at radius 2 is 0.782 bits per heavy atom. The van der Waals surface area contributed by atoms with E-state index in [0.717, 1.165) is 33.6 Å². The molecule has 0 N–H and O–H groups in total. The van der Waals surface area contributed by atoms with Crippen molar-refractivity contribution in [1.82, 2.24) is 78.6 Å². The molecule has 0 radical (unpaired) electrons. The van der Waals surface area contributed by atoms with Crippen molar-refractivity contribution < 1.29 is 38.2 Å². The zero-order valence-corrected chi connectivity index (χ0v) is 66.1. The van der Waals surface area contributed by atoms with Crippen LogP contribution in [0.3, 0.4) is 0 Å². The number of hydrogen-bond acceptors (Lipinski definition) is 16. The number of urea groups is 4. The molecule has 9 aliphatic rings. The Morgan fingerprint density at radius 1 is 0.455 bits per heavy atom. The Bertz CT molecular complexity index is 4790. The molecule has 110 heavy (non-hydrogen) atoms. The minimum Gasteiger partial charge on any atom is -0.400 e. The van der Waals surface area contributed by atoms with E-state index in [2.05, 4.69) is 159 Å². The van der Waals surface area contributed by atoms with Crippen LogP contribution in [0.1, 0.15) is 51.7 Å². The van der Waals surface area contributed by atoms with Crippen molar-refractivity contribution in [1.29, 1.82) is 0 Å². The molecule has 3 aromatic carbocycles. The van der Waals surface area contributed by atoms with Gasteiger partial charge in [0.25, 0.3) is 22.2 Å². The fourth-order valence-electron chi connectivity index (χ4n) is 13.8. The van der Waals surface area contributed by atoms with Crippen LogP contribution in [-0.2, 0) is 47.2 Å². The van der Waals surface area contributed by atoms with E-state index in [1.54, 1.807) is 108 Å². The number of likely N-dealkylation sites (N-methyl/N-ethyl adjacent to an activating group) is 2. The average Bonchev–Trinajstić information content (AvgIpc) is 1.61. The van der Waals surface area contributed by atoms with Gasteiger partial charge in [0.15, 0.2) is 0 Å².